The van der Waals surface area contributed by atoms with E-state index in [4.69, 9.17) is 0 Å². The molecule has 1 unspecified atom stereocenters. The standard InChI is InChI=1S/C29H30N5O2/c1-33(20-28(35)34-16-4-5-17-34)27-14-15-30-26(32-27)18-21-8-12-25(13-9-21)31-29(36)24-11-10-22-6-2-3-7-23(22)19-24/h2-3,6-13,15,19,27H,4-5,16-18,20H2,1H3,(H,30,32)(H,31,36). The highest BCUT2D eigenvalue weighted by Crippen LogP contribution is 2.18. The van der Waals surface area contributed by atoms with Crippen LogP contribution in [-0.4, -0.2) is 60.3 Å². The second kappa shape index (κ2) is 10.7. The van der Waals surface area contributed by atoms with E-state index in [-0.39, 0.29) is 18.0 Å². The SMILES string of the molecule is CN(CC(=O)N1CCCC1)C1[C]=CN=C(Cc2ccc(NC(=O)c3ccc4ccccc4c3)cc2)N1. The van der Waals surface area contributed by atoms with Gasteiger partial charge in [0.05, 0.1) is 6.54 Å². The van der Waals surface area contributed by atoms with E-state index >= 15 is 0 Å². The van der Waals surface area contributed by atoms with Crippen LogP contribution in [-0.2, 0) is 11.2 Å². The molecule has 2 N–H and O–H groups in total. The smallest absolute Gasteiger partial charge is 0.255 e. The number of hydrogen-bond donors (Lipinski definition) is 2. The molecule has 1 radical (unpaired) electrons. The molecule has 2 amide bonds. The minimum Gasteiger partial charge on any atom is -0.354 e. The molecule has 0 aliphatic carbocycles. The molecule has 0 saturated carbocycles. The lowest BCUT2D eigenvalue weighted by molar-refractivity contribution is -0.131. The third-order valence-corrected chi connectivity index (χ3v) is 6.64. The molecule has 183 valence electrons. The van der Waals surface area contributed by atoms with Crippen molar-refractivity contribution in [3.8, 4) is 0 Å². The molecule has 0 spiro atoms. The molecule has 1 fully saturated rings. The van der Waals surface area contributed by atoms with Gasteiger partial charge < -0.3 is 15.5 Å². The summed E-state index contributed by atoms with van der Waals surface area (Å²) in [5, 5.41) is 8.49. The zero-order valence-electron chi connectivity index (χ0n) is 20.4. The van der Waals surface area contributed by atoms with Gasteiger partial charge in [0.15, 0.2) is 0 Å². The number of likely N-dealkylation sites (tertiary alicyclic amines) is 1. The highest BCUT2D eigenvalue weighted by Gasteiger charge is 2.23. The van der Waals surface area contributed by atoms with E-state index in [1.165, 1.54) is 0 Å². The molecule has 0 bridgehead atoms. The molecule has 3 aromatic carbocycles. The number of fused-ring (bicyclic) bond motifs is 1. The first-order valence-corrected chi connectivity index (χ1v) is 12.3. The van der Waals surface area contributed by atoms with Crippen molar-refractivity contribution in [3.63, 3.8) is 0 Å². The van der Waals surface area contributed by atoms with Crippen LogP contribution in [0.25, 0.3) is 10.8 Å². The van der Waals surface area contributed by atoms with Crippen LogP contribution in [0.4, 0.5) is 5.69 Å². The number of amidine groups is 1. The summed E-state index contributed by atoms with van der Waals surface area (Å²) in [5.74, 6) is 0.831. The fourth-order valence-electron chi connectivity index (χ4n) is 4.56. The van der Waals surface area contributed by atoms with Crippen LogP contribution in [0, 0.1) is 6.08 Å². The summed E-state index contributed by atoms with van der Waals surface area (Å²) in [4.78, 5) is 33.5. The van der Waals surface area contributed by atoms with Crippen LogP contribution in [0.5, 0.6) is 0 Å². The number of anilines is 1. The first-order chi connectivity index (χ1) is 17.5. The number of carbonyl (C=O) groups is 2. The third kappa shape index (κ3) is 5.63. The Morgan fingerprint density at radius 3 is 2.58 bits per heavy atom. The van der Waals surface area contributed by atoms with Gasteiger partial charge in [0.2, 0.25) is 5.91 Å². The molecule has 2 aliphatic heterocycles. The summed E-state index contributed by atoms with van der Waals surface area (Å²) >= 11 is 0. The maximum Gasteiger partial charge on any atom is 0.255 e. The summed E-state index contributed by atoms with van der Waals surface area (Å²) in [6.07, 6.45) is 7.43. The second-order valence-corrected chi connectivity index (χ2v) is 9.31. The number of likely N-dealkylation sites (N-methyl/N-ethyl adjacent to an activating group) is 1. The fourth-order valence-corrected chi connectivity index (χ4v) is 4.56. The van der Waals surface area contributed by atoms with E-state index in [0.29, 0.717) is 18.5 Å². The average Bonchev–Trinajstić information content (AvgIpc) is 3.45. The van der Waals surface area contributed by atoms with Crippen molar-refractivity contribution in [2.45, 2.75) is 25.4 Å². The molecule has 7 heteroatoms. The number of nitrogens with one attached hydrogen (secondary N) is 2. The Morgan fingerprint density at radius 1 is 1.06 bits per heavy atom. The fraction of sp³-hybridized carbons (Fsp3) is 0.276. The van der Waals surface area contributed by atoms with E-state index in [9.17, 15) is 9.59 Å². The van der Waals surface area contributed by atoms with Gasteiger partial charge in [-0.05, 0) is 60.5 Å². The van der Waals surface area contributed by atoms with Gasteiger partial charge in [-0.25, -0.2) is 4.99 Å². The molecular formula is C29H30N5O2. The number of carbonyl (C=O) groups excluding carboxylic acids is 2. The third-order valence-electron chi connectivity index (χ3n) is 6.64. The molecule has 7 nitrogen and oxygen atoms in total. The normalized spacial score (nSPS) is 17.2. The number of rotatable bonds is 7. The van der Waals surface area contributed by atoms with Crippen LogP contribution in [0.15, 0.2) is 77.9 Å². The maximum absolute atomic E-state index is 12.7. The van der Waals surface area contributed by atoms with Gasteiger partial charge in [-0.2, -0.15) is 0 Å². The summed E-state index contributed by atoms with van der Waals surface area (Å²) in [5.41, 5.74) is 2.43. The van der Waals surface area contributed by atoms with Gasteiger partial charge in [0, 0.05) is 43.0 Å². The molecule has 2 heterocycles. The number of amides is 2. The molecule has 3 aromatic rings. The van der Waals surface area contributed by atoms with E-state index in [2.05, 4.69) is 21.7 Å². The zero-order valence-corrected chi connectivity index (χ0v) is 20.4. The van der Waals surface area contributed by atoms with Gasteiger partial charge in [-0.1, -0.05) is 42.5 Å². The molecule has 36 heavy (non-hydrogen) atoms. The van der Waals surface area contributed by atoms with Gasteiger partial charge in [-0.15, -0.1) is 0 Å². The molecule has 1 saturated heterocycles. The van der Waals surface area contributed by atoms with E-state index in [0.717, 1.165) is 53.8 Å². The predicted octanol–water partition coefficient (Wildman–Crippen LogP) is 3.83. The van der Waals surface area contributed by atoms with Crippen LogP contribution >= 0.6 is 0 Å². The lowest BCUT2D eigenvalue weighted by atomic mass is 10.1. The molecular weight excluding hydrogens is 450 g/mol. The Labute approximate surface area is 211 Å². The number of aliphatic imine (C=N–C) groups is 1. The number of hydrogen-bond acceptors (Lipinski definition) is 5. The Hall–Kier alpha value is -3.97. The zero-order chi connectivity index (χ0) is 24.9. The van der Waals surface area contributed by atoms with Gasteiger partial charge in [0.25, 0.3) is 5.91 Å². The number of benzene rings is 3. The van der Waals surface area contributed by atoms with E-state index in [1.54, 1.807) is 6.20 Å². The van der Waals surface area contributed by atoms with E-state index < -0.39 is 0 Å². The van der Waals surface area contributed by atoms with Crippen molar-refractivity contribution in [3.05, 3.63) is 90.1 Å². The lowest BCUT2D eigenvalue weighted by Crippen LogP contribution is -2.50. The molecule has 0 aromatic heterocycles. The van der Waals surface area contributed by atoms with Crippen molar-refractivity contribution < 1.29 is 9.59 Å². The molecule has 1 atom stereocenters. The minimum absolute atomic E-state index is 0.137. The highest BCUT2D eigenvalue weighted by molar-refractivity contribution is 6.06. The van der Waals surface area contributed by atoms with Crippen LogP contribution in [0.1, 0.15) is 28.8 Å². The Morgan fingerprint density at radius 2 is 1.81 bits per heavy atom. The van der Waals surface area contributed by atoms with Crippen molar-refractivity contribution in [2.24, 2.45) is 4.99 Å². The van der Waals surface area contributed by atoms with Crippen molar-refractivity contribution in [1.82, 2.24) is 15.1 Å². The molecule has 2 aliphatic rings. The number of nitrogens with zero attached hydrogens (tertiary/aromatic N) is 3. The maximum atomic E-state index is 12.7. The lowest BCUT2D eigenvalue weighted by Gasteiger charge is -2.29. The topological polar surface area (TPSA) is 77.0 Å². The highest BCUT2D eigenvalue weighted by atomic mass is 16.2. The Bertz CT molecular complexity index is 1310. The van der Waals surface area contributed by atoms with Crippen LogP contribution < -0.4 is 10.6 Å². The van der Waals surface area contributed by atoms with Crippen LogP contribution in [0.2, 0.25) is 0 Å². The largest absolute Gasteiger partial charge is 0.354 e. The quantitative estimate of drug-likeness (QED) is 0.539. The van der Waals surface area contributed by atoms with Crippen molar-refractivity contribution in [2.75, 3.05) is 32.0 Å². The summed E-state index contributed by atoms with van der Waals surface area (Å²) in [6.45, 7) is 2.06. The Kier molecular flexibility index (Phi) is 7.09. The predicted molar refractivity (Wildman–Crippen MR) is 143 cm³/mol. The van der Waals surface area contributed by atoms with Gasteiger partial charge in [-0.3, -0.25) is 14.5 Å². The summed E-state index contributed by atoms with van der Waals surface area (Å²) in [6, 6.07) is 21.5. The average molecular weight is 481 g/mol. The Balaban J connectivity index is 1.15. The van der Waals surface area contributed by atoms with Crippen molar-refractivity contribution >= 4 is 34.1 Å². The second-order valence-electron chi connectivity index (χ2n) is 9.31. The molecule has 5 rings (SSSR count). The first-order valence-electron chi connectivity index (χ1n) is 12.3. The monoisotopic (exact) mass is 480 g/mol. The summed E-state index contributed by atoms with van der Waals surface area (Å²) in [7, 11) is 1.92. The van der Waals surface area contributed by atoms with Crippen LogP contribution in [0.3, 0.4) is 0 Å². The van der Waals surface area contributed by atoms with Gasteiger partial charge >= 0.3 is 0 Å². The van der Waals surface area contributed by atoms with Crippen molar-refractivity contribution in [1.29, 1.82) is 0 Å². The first kappa shape index (κ1) is 23.8. The van der Waals surface area contributed by atoms with E-state index in [1.807, 2.05) is 83.6 Å². The summed E-state index contributed by atoms with van der Waals surface area (Å²) < 4.78 is 0. The minimum atomic E-state index is -0.204. The van der Waals surface area contributed by atoms with Gasteiger partial charge in [0.1, 0.15) is 12.0 Å².